The Bertz CT molecular complexity index is 2850. The normalized spacial score (nSPS) is 18.5. The van der Waals surface area contributed by atoms with Crippen LogP contribution in [0.2, 0.25) is 0 Å². The molecule has 0 aromatic heterocycles. The standard InChI is InChI=1S/C56H62N6O18/c1-69-45-33-19-57-20-34(33)46(70-2)38-24-59(23-37(38)45)53(65)77-15-17-79-55(67)61-27-41-42(28-61)50(74-6)44-30-62(29-43(44)49(41)73-5)56(68)80-18-16-78-54(66)60-25-39-40(26-60)48(72-4)36-22-58(21-35(36)47(39)71-3)52(64)76-14-12-32-9-7-31(8-10-32)11-13-75-51(57)63/h7-10H,11-30H2,1-6H3. The highest BCUT2D eigenvalue weighted by atomic mass is 16.6. The van der Waals surface area contributed by atoms with Crippen molar-refractivity contribution in [2.45, 2.75) is 91.4 Å². The van der Waals surface area contributed by atoms with Crippen LogP contribution in [0.3, 0.4) is 0 Å². The minimum Gasteiger partial charge on any atom is -0.496 e. The first-order valence-corrected chi connectivity index (χ1v) is 26.3. The van der Waals surface area contributed by atoms with Crippen LogP contribution in [0.1, 0.15) is 77.9 Å². The van der Waals surface area contributed by atoms with Crippen LogP contribution in [0, 0.1) is 0 Å². The van der Waals surface area contributed by atoms with Crippen LogP contribution in [-0.4, -0.2) is 148 Å². The zero-order chi connectivity index (χ0) is 55.9. The van der Waals surface area contributed by atoms with E-state index >= 15 is 0 Å². The van der Waals surface area contributed by atoms with Gasteiger partial charge in [0.25, 0.3) is 0 Å². The van der Waals surface area contributed by atoms with Crippen molar-refractivity contribution < 1.29 is 85.6 Å². The fourth-order valence-electron chi connectivity index (χ4n) is 12.1. The van der Waals surface area contributed by atoms with Gasteiger partial charge in [0.15, 0.2) is 0 Å². The Hall–Kier alpha value is -8.70. The molecule has 13 aliphatic heterocycles. The maximum Gasteiger partial charge on any atom is 0.410 e. The molecule has 6 amide bonds. The molecule has 0 aliphatic carbocycles. The van der Waals surface area contributed by atoms with E-state index in [1.807, 2.05) is 24.3 Å². The van der Waals surface area contributed by atoms with Gasteiger partial charge in [0.2, 0.25) is 0 Å². The third kappa shape index (κ3) is 9.62. The topological polar surface area (TPSA) is 233 Å². The number of hydrogen-bond acceptors (Lipinski definition) is 18. The maximum atomic E-state index is 13.5. The summed E-state index contributed by atoms with van der Waals surface area (Å²) in [5.41, 5.74) is 10.8. The Morgan fingerprint density at radius 2 is 0.412 bits per heavy atom. The minimum absolute atomic E-state index is 0.128. The highest BCUT2D eigenvalue weighted by Crippen LogP contribution is 2.50. The largest absolute Gasteiger partial charge is 0.496 e. The lowest BCUT2D eigenvalue weighted by Gasteiger charge is -2.18. The van der Waals surface area contributed by atoms with Gasteiger partial charge in [-0.15, -0.1) is 0 Å². The molecule has 4 aromatic rings. The van der Waals surface area contributed by atoms with E-state index in [9.17, 15) is 28.8 Å². The van der Waals surface area contributed by atoms with Crippen LogP contribution in [0.4, 0.5) is 28.8 Å². The molecule has 424 valence electrons. The first-order chi connectivity index (χ1) is 38.9. The second-order valence-electron chi connectivity index (χ2n) is 20.1. The molecule has 24 nitrogen and oxygen atoms in total. The monoisotopic (exact) mass is 1110 g/mol. The molecule has 17 rings (SSSR count). The molecule has 0 saturated carbocycles. The van der Waals surface area contributed by atoms with E-state index in [-0.39, 0.29) is 118 Å². The SMILES string of the molecule is COc1c2c3c(OC)c4c1CN(C4)C(=O)OCCOC(=O)N1Cc4c(c(OC)c5c(c4OC)CN(C5)C(=O)OCCc4ccc(cc4)CCOC(=O)N4Cc5c(c(OC)c6c(c5OC)CN(C6)C(=O)OCCOC(=O)N(C2)C3)C4)C1. The second-order valence-corrected chi connectivity index (χ2v) is 20.1. The summed E-state index contributed by atoms with van der Waals surface area (Å²) in [5.74, 6) is 3.23. The average molecular weight is 1110 g/mol. The predicted molar refractivity (Wildman–Crippen MR) is 276 cm³/mol. The maximum absolute atomic E-state index is 13.5. The quantitative estimate of drug-likeness (QED) is 0.184. The summed E-state index contributed by atoms with van der Waals surface area (Å²) in [6.07, 6.45) is -2.55. The van der Waals surface area contributed by atoms with Crippen molar-refractivity contribution in [3.63, 3.8) is 0 Å². The highest BCUT2D eigenvalue weighted by Gasteiger charge is 2.42. The average Bonchev–Trinajstić information content (AvgIpc) is 4.39. The summed E-state index contributed by atoms with van der Waals surface area (Å²) < 4.78 is 69.4. The number of rotatable bonds is 6. The van der Waals surface area contributed by atoms with E-state index < -0.39 is 36.6 Å². The van der Waals surface area contributed by atoms with E-state index in [0.717, 1.165) is 55.6 Å². The van der Waals surface area contributed by atoms with Gasteiger partial charge in [-0.25, -0.2) is 28.8 Å². The first-order valence-electron chi connectivity index (χ1n) is 26.3. The van der Waals surface area contributed by atoms with Crippen molar-refractivity contribution in [3.8, 4) is 34.5 Å². The summed E-state index contributed by atoms with van der Waals surface area (Å²) in [5, 5.41) is 0. The third-order valence-electron chi connectivity index (χ3n) is 15.8. The number of benzene rings is 4. The summed E-state index contributed by atoms with van der Waals surface area (Å²) in [7, 11) is 9.23. The molecular weight excluding hydrogens is 1040 g/mol. The van der Waals surface area contributed by atoms with E-state index in [0.29, 0.717) is 69.6 Å². The van der Waals surface area contributed by atoms with Crippen LogP contribution in [0.15, 0.2) is 24.3 Å². The molecule has 0 fully saturated rings. The van der Waals surface area contributed by atoms with Crippen LogP contribution in [-0.2, 0) is 120 Å². The molecule has 0 N–H and O–H groups in total. The van der Waals surface area contributed by atoms with E-state index in [1.54, 1.807) is 38.2 Å². The molecule has 4 aromatic carbocycles. The summed E-state index contributed by atoms with van der Waals surface area (Å²) in [4.78, 5) is 90.1. The summed E-state index contributed by atoms with van der Waals surface area (Å²) in [6, 6.07) is 7.81. The summed E-state index contributed by atoms with van der Waals surface area (Å²) in [6.45, 7) is 1.42. The lowest BCUT2D eigenvalue weighted by molar-refractivity contribution is 0.0576. The predicted octanol–water partition coefficient (Wildman–Crippen LogP) is 6.65. The number of hydrogen-bond donors (Lipinski definition) is 0. The minimum atomic E-state index is -0.637. The molecule has 20 bridgehead atoms. The number of amides is 6. The smallest absolute Gasteiger partial charge is 0.410 e. The molecule has 80 heavy (non-hydrogen) atoms. The molecular formula is C56H62N6O18. The van der Waals surface area contributed by atoms with Gasteiger partial charge in [-0.05, 0) is 11.1 Å². The fraction of sp³-hybridized carbons (Fsp3) is 0.464. The highest BCUT2D eigenvalue weighted by molar-refractivity contribution is 5.77. The van der Waals surface area contributed by atoms with Crippen molar-refractivity contribution in [1.29, 1.82) is 0 Å². The van der Waals surface area contributed by atoms with Gasteiger partial charge in [0, 0.05) is 79.6 Å². The fourth-order valence-corrected chi connectivity index (χ4v) is 12.1. The zero-order valence-electron chi connectivity index (χ0n) is 45.5. The second kappa shape index (κ2) is 22.2. The van der Waals surface area contributed by atoms with Gasteiger partial charge in [-0.1, -0.05) is 24.3 Å². The van der Waals surface area contributed by atoms with Crippen molar-refractivity contribution in [1.82, 2.24) is 29.4 Å². The molecule has 0 saturated heterocycles. The van der Waals surface area contributed by atoms with Crippen molar-refractivity contribution in [2.75, 3.05) is 82.3 Å². The molecule has 0 radical (unpaired) electrons. The zero-order valence-corrected chi connectivity index (χ0v) is 45.5. The lowest BCUT2D eigenvalue weighted by atomic mass is 9.98. The Morgan fingerprint density at radius 1 is 0.263 bits per heavy atom. The van der Waals surface area contributed by atoms with E-state index in [2.05, 4.69) is 0 Å². The third-order valence-corrected chi connectivity index (χ3v) is 15.8. The van der Waals surface area contributed by atoms with Gasteiger partial charge in [-0.2, -0.15) is 0 Å². The number of nitrogens with zero attached hydrogens (tertiary/aromatic N) is 6. The molecule has 0 spiro atoms. The molecule has 13 aliphatic rings. The first kappa shape index (κ1) is 53.3. The number of methoxy groups -OCH3 is 6. The summed E-state index contributed by atoms with van der Waals surface area (Å²) >= 11 is 0. The number of carbonyl (C=O) groups excluding carboxylic acids is 6. The number of ether oxygens (including phenoxy) is 12. The van der Waals surface area contributed by atoms with Gasteiger partial charge >= 0.3 is 36.6 Å². The molecule has 0 atom stereocenters. The lowest BCUT2D eigenvalue weighted by Crippen LogP contribution is -2.30. The Morgan fingerprint density at radius 3 is 0.562 bits per heavy atom. The Balaban J connectivity index is 0.777. The van der Waals surface area contributed by atoms with Crippen molar-refractivity contribution in [3.05, 3.63) is 102 Å². The Kier molecular flexibility index (Phi) is 14.8. The Labute approximate surface area is 460 Å². The molecule has 24 heteroatoms. The van der Waals surface area contributed by atoms with Gasteiger partial charge in [0.05, 0.1) is 134 Å². The van der Waals surface area contributed by atoms with Crippen LogP contribution >= 0.6 is 0 Å². The van der Waals surface area contributed by atoms with Crippen molar-refractivity contribution in [2.24, 2.45) is 0 Å². The van der Waals surface area contributed by atoms with Gasteiger partial charge in [0.1, 0.15) is 60.9 Å². The van der Waals surface area contributed by atoms with E-state index in [1.165, 1.54) is 33.8 Å². The van der Waals surface area contributed by atoms with Crippen LogP contribution in [0.25, 0.3) is 0 Å². The van der Waals surface area contributed by atoms with Crippen molar-refractivity contribution >= 4 is 36.6 Å². The molecule has 13 heterocycles. The van der Waals surface area contributed by atoms with Crippen LogP contribution in [0.5, 0.6) is 34.5 Å². The number of carbonyl (C=O) groups is 6. The van der Waals surface area contributed by atoms with Crippen LogP contribution < -0.4 is 28.4 Å². The van der Waals surface area contributed by atoms with Gasteiger partial charge in [-0.3, -0.25) is 29.4 Å². The van der Waals surface area contributed by atoms with E-state index in [4.69, 9.17) is 56.8 Å². The van der Waals surface area contributed by atoms with Gasteiger partial charge < -0.3 is 56.8 Å². The molecule has 0 unspecified atom stereocenters.